The van der Waals surface area contributed by atoms with Gasteiger partial charge < -0.3 is 10.2 Å². The van der Waals surface area contributed by atoms with Gasteiger partial charge in [0.2, 0.25) is 0 Å². The highest BCUT2D eigenvalue weighted by Gasteiger charge is 2.27. The Kier molecular flexibility index (Phi) is 5.55. The van der Waals surface area contributed by atoms with Crippen LogP contribution in [-0.4, -0.2) is 39.4 Å². The van der Waals surface area contributed by atoms with Gasteiger partial charge in [-0.05, 0) is 95.7 Å². The minimum atomic E-state index is -0.115. The Morgan fingerprint density at radius 1 is 1.21 bits per heavy atom. The summed E-state index contributed by atoms with van der Waals surface area (Å²) in [6.45, 7) is 14.2. The van der Waals surface area contributed by atoms with Crippen LogP contribution in [0.15, 0.2) is 40.6 Å². The van der Waals surface area contributed by atoms with E-state index in [0.717, 1.165) is 47.3 Å². The maximum Gasteiger partial charge on any atom is 0.255 e. The minimum absolute atomic E-state index is 0.0319. The number of halogens is 1. The first-order chi connectivity index (χ1) is 15.7. The number of carbonyl (C=O) groups is 1. The molecule has 0 saturated carbocycles. The van der Waals surface area contributed by atoms with Crippen molar-refractivity contribution in [1.82, 2.24) is 19.7 Å². The van der Waals surface area contributed by atoms with Crippen molar-refractivity contribution in [2.45, 2.75) is 40.2 Å². The highest BCUT2D eigenvalue weighted by Crippen LogP contribution is 2.36. The average Bonchev–Trinajstić information content (AvgIpc) is 3.38. The summed E-state index contributed by atoms with van der Waals surface area (Å²) in [5.41, 5.74) is 7.36. The average molecular weight is 553 g/mol. The Hall–Kier alpha value is -2.68. The van der Waals surface area contributed by atoms with Crippen molar-refractivity contribution >= 4 is 61.9 Å². The maximum absolute atomic E-state index is 13.3. The number of aromatic nitrogens is 3. The van der Waals surface area contributed by atoms with Crippen LogP contribution < -0.4 is 10.2 Å². The summed E-state index contributed by atoms with van der Waals surface area (Å²) >= 11 is 2.34. The van der Waals surface area contributed by atoms with Crippen molar-refractivity contribution in [1.29, 1.82) is 0 Å². The maximum atomic E-state index is 13.3. The van der Waals surface area contributed by atoms with Gasteiger partial charge in [0.1, 0.15) is 5.65 Å². The van der Waals surface area contributed by atoms with Gasteiger partial charge in [-0.25, -0.2) is 9.97 Å². The Morgan fingerprint density at radius 2 is 1.97 bits per heavy atom. The van der Waals surface area contributed by atoms with E-state index in [2.05, 4.69) is 75.8 Å². The first-order valence-electron chi connectivity index (χ1n) is 11.4. The zero-order valence-corrected chi connectivity index (χ0v) is 21.6. The molecule has 1 atom stereocenters. The van der Waals surface area contributed by atoms with Gasteiger partial charge in [-0.15, -0.1) is 0 Å². The molecule has 7 heteroatoms. The number of hydrogen-bond donors (Lipinski definition) is 1. The molecule has 0 spiro atoms. The number of pyridine rings is 2. The zero-order chi connectivity index (χ0) is 23.4. The van der Waals surface area contributed by atoms with Gasteiger partial charge in [0, 0.05) is 42.3 Å². The van der Waals surface area contributed by atoms with Gasteiger partial charge in [0.05, 0.1) is 16.6 Å². The molecule has 5 rings (SSSR count). The second kappa shape index (κ2) is 8.27. The lowest BCUT2D eigenvalue weighted by atomic mass is 10.1. The number of amides is 1. The number of nitrogens with zero attached hydrogens (tertiary/aromatic N) is 4. The molecule has 4 heterocycles. The fraction of sp³-hybridized carbons (Fsp3) is 0.346. The summed E-state index contributed by atoms with van der Waals surface area (Å²) in [7, 11) is 0. The lowest BCUT2D eigenvalue weighted by molar-refractivity contribution is 0.0944. The van der Waals surface area contributed by atoms with Crippen LogP contribution in [-0.2, 0) is 0 Å². The van der Waals surface area contributed by atoms with Crippen LogP contribution in [0.3, 0.4) is 0 Å². The molecule has 1 unspecified atom stereocenters. The summed E-state index contributed by atoms with van der Waals surface area (Å²) in [5.74, 6) is 0.358. The highest BCUT2D eigenvalue weighted by atomic mass is 127. The SMILES string of the molecule is C=C(I)C1CCN(c2ccnc3c2cc(C(=O)NC(C)C)c2nc4cc(C)c(C)cc4n23)C1. The Labute approximate surface area is 207 Å². The number of rotatable bonds is 4. The van der Waals surface area contributed by atoms with Crippen molar-refractivity contribution in [2.24, 2.45) is 5.92 Å². The number of benzene rings is 1. The van der Waals surface area contributed by atoms with E-state index in [1.54, 1.807) is 0 Å². The molecule has 6 nitrogen and oxygen atoms in total. The van der Waals surface area contributed by atoms with Gasteiger partial charge in [-0.3, -0.25) is 9.20 Å². The smallest absolute Gasteiger partial charge is 0.255 e. The molecule has 4 aromatic rings. The Morgan fingerprint density at radius 3 is 2.67 bits per heavy atom. The van der Waals surface area contributed by atoms with Gasteiger partial charge in [-0.2, -0.15) is 0 Å². The standard InChI is InChI=1S/C26H28IN5O/c1-14(2)29-26(33)20-12-19-22(31-9-7-18(13-31)17(5)27)6-8-28-24(19)32-23-11-16(4)15(3)10-21(23)30-25(20)32/h6,8,10-12,14,18H,5,7,9,13H2,1-4H3,(H,29,33). The third kappa shape index (κ3) is 3.76. The summed E-state index contributed by atoms with van der Waals surface area (Å²) in [5, 5.41) is 4.02. The predicted octanol–water partition coefficient (Wildman–Crippen LogP) is 5.57. The second-order valence-electron chi connectivity index (χ2n) is 9.33. The fourth-order valence-electron chi connectivity index (χ4n) is 4.72. The Bertz CT molecular complexity index is 1440. The van der Waals surface area contributed by atoms with Gasteiger partial charge in [-0.1, -0.05) is 6.58 Å². The highest BCUT2D eigenvalue weighted by molar-refractivity contribution is 14.1. The van der Waals surface area contributed by atoms with E-state index in [9.17, 15) is 4.79 Å². The van der Waals surface area contributed by atoms with Crippen molar-refractivity contribution in [3.05, 3.63) is 57.3 Å². The summed E-state index contributed by atoms with van der Waals surface area (Å²) in [4.78, 5) is 25.3. The van der Waals surface area contributed by atoms with Crippen LogP contribution in [0.2, 0.25) is 0 Å². The van der Waals surface area contributed by atoms with E-state index in [1.807, 2.05) is 26.1 Å². The van der Waals surface area contributed by atoms with Crippen LogP contribution in [0.4, 0.5) is 5.69 Å². The second-order valence-corrected chi connectivity index (χ2v) is 10.7. The predicted molar refractivity (Wildman–Crippen MR) is 144 cm³/mol. The van der Waals surface area contributed by atoms with E-state index in [0.29, 0.717) is 17.1 Å². The van der Waals surface area contributed by atoms with E-state index in [1.165, 1.54) is 14.7 Å². The molecule has 0 aliphatic carbocycles. The normalized spacial score (nSPS) is 16.4. The number of imidazole rings is 1. The molecule has 1 aliphatic rings. The number of fused-ring (bicyclic) bond motifs is 5. The van der Waals surface area contributed by atoms with Gasteiger partial charge >= 0.3 is 0 Å². The third-order valence-corrected chi connectivity index (χ3v) is 7.47. The molecule has 1 fully saturated rings. The van der Waals surface area contributed by atoms with Gasteiger partial charge in [0.15, 0.2) is 5.65 Å². The molecule has 0 radical (unpaired) electrons. The van der Waals surface area contributed by atoms with Crippen molar-refractivity contribution in [3.63, 3.8) is 0 Å². The fourth-order valence-corrected chi connectivity index (χ4v) is 5.23. The molecule has 1 aliphatic heterocycles. The largest absolute Gasteiger partial charge is 0.370 e. The van der Waals surface area contributed by atoms with Crippen molar-refractivity contribution in [3.8, 4) is 0 Å². The lowest BCUT2D eigenvalue weighted by Gasteiger charge is -2.21. The van der Waals surface area contributed by atoms with E-state index in [-0.39, 0.29) is 11.9 Å². The molecule has 33 heavy (non-hydrogen) atoms. The first-order valence-corrected chi connectivity index (χ1v) is 12.4. The van der Waals surface area contributed by atoms with Crippen LogP contribution in [0.1, 0.15) is 41.8 Å². The number of anilines is 1. The topological polar surface area (TPSA) is 62.5 Å². The monoisotopic (exact) mass is 553 g/mol. The lowest BCUT2D eigenvalue weighted by Crippen LogP contribution is -2.30. The summed E-state index contributed by atoms with van der Waals surface area (Å²) in [6.07, 6.45) is 2.95. The van der Waals surface area contributed by atoms with E-state index in [4.69, 9.17) is 9.97 Å². The quantitative estimate of drug-likeness (QED) is 0.336. The molecule has 1 amide bonds. The molecule has 3 aromatic heterocycles. The van der Waals surface area contributed by atoms with Crippen molar-refractivity contribution in [2.75, 3.05) is 18.0 Å². The van der Waals surface area contributed by atoms with Gasteiger partial charge in [0.25, 0.3) is 5.91 Å². The number of carbonyl (C=O) groups excluding carboxylic acids is 1. The molecule has 1 saturated heterocycles. The minimum Gasteiger partial charge on any atom is -0.370 e. The van der Waals surface area contributed by atoms with Crippen LogP contribution in [0.5, 0.6) is 0 Å². The molecule has 1 aromatic carbocycles. The summed E-state index contributed by atoms with van der Waals surface area (Å²) < 4.78 is 3.25. The van der Waals surface area contributed by atoms with Crippen LogP contribution in [0.25, 0.3) is 27.7 Å². The molecular formula is C26H28IN5O. The number of hydrogen-bond acceptors (Lipinski definition) is 4. The van der Waals surface area contributed by atoms with Crippen molar-refractivity contribution < 1.29 is 4.79 Å². The summed E-state index contributed by atoms with van der Waals surface area (Å²) in [6, 6.07) is 8.31. The van der Waals surface area contributed by atoms with Crippen LogP contribution >= 0.6 is 22.6 Å². The molecular weight excluding hydrogens is 525 g/mol. The van der Waals surface area contributed by atoms with Crippen LogP contribution in [0, 0.1) is 19.8 Å². The molecule has 170 valence electrons. The van der Waals surface area contributed by atoms with E-state index < -0.39 is 0 Å². The molecule has 0 bridgehead atoms. The molecule has 1 N–H and O–H groups in total. The third-order valence-electron chi connectivity index (χ3n) is 6.59. The first kappa shape index (κ1) is 22.1. The zero-order valence-electron chi connectivity index (χ0n) is 19.4. The number of nitrogens with one attached hydrogen (secondary N) is 1. The Balaban J connectivity index is 1.82. The number of aryl methyl sites for hydroxylation is 2. The van der Waals surface area contributed by atoms with E-state index >= 15 is 0 Å².